The van der Waals surface area contributed by atoms with Crippen molar-refractivity contribution >= 4 is 16.9 Å². The molecule has 2 unspecified atom stereocenters. The molecule has 0 aromatic heterocycles. The lowest BCUT2D eigenvalue weighted by atomic mass is 9.93. The van der Waals surface area contributed by atoms with Crippen LogP contribution in [0.25, 0.3) is 0 Å². The molecule has 17 heavy (non-hydrogen) atoms. The maximum Gasteiger partial charge on any atom is 0.157 e. The molecule has 2 atom stereocenters. The summed E-state index contributed by atoms with van der Waals surface area (Å²) in [7, 11) is 0. The zero-order valence-electron chi connectivity index (χ0n) is 10.3. The van der Waals surface area contributed by atoms with Gasteiger partial charge in [-0.15, -0.1) is 0 Å². The first-order chi connectivity index (χ1) is 8.27. The third kappa shape index (κ3) is 2.46. The van der Waals surface area contributed by atoms with E-state index in [0.717, 1.165) is 50.0 Å². The van der Waals surface area contributed by atoms with Gasteiger partial charge in [-0.25, -0.2) is 0 Å². The number of aliphatic imine (C=N–C) groups is 1. The lowest BCUT2D eigenvalue weighted by Gasteiger charge is -2.32. The van der Waals surface area contributed by atoms with E-state index in [9.17, 15) is 0 Å². The molecule has 4 nitrogen and oxygen atoms in total. The Morgan fingerprint density at radius 2 is 2.18 bits per heavy atom. The van der Waals surface area contributed by atoms with Gasteiger partial charge in [0.2, 0.25) is 0 Å². The SMILES string of the molecule is CC1OCCC1N=C1NC2(CCOCC2)CS1. The molecule has 3 aliphatic heterocycles. The molecule has 1 spiro atoms. The molecule has 0 aromatic rings. The Morgan fingerprint density at radius 1 is 1.35 bits per heavy atom. The minimum atomic E-state index is 0.254. The normalized spacial score (nSPS) is 38.8. The summed E-state index contributed by atoms with van der Waals surface area (Å²) >= 11 is 1.86. The quantitative estimate of drug-likeness (QED) is 0.770. The monoisotopic (exact) mass is 256 g/mol. The van der Waals surface area contributed by atoms with Crippen molar-refractivity contribution in [3.8, 4) is 0 Å². The molecule has 3 fully saturated rings. The molecular formula is C12H20N2O2S. The molecule has 5 heteroatoms. The number of nitrogens with zero attached hydrogens (tertiary/aromatic N) is 1. The van der Waals surface area contributed by atoms with Crippen molar-refractivity contribution in [3.05, 3.63) is 0 Å². The fourth-order valence-corrected chi connectivity index (χ4v) is 3.92. The van der Waals surface area contributed by atoms with E-state index >= 15 is 0 Å². The minimum absolute atomic E-state index is 0.254. The average molecular weight is 256 g/mol. The highest BCUT2D eigenvalue weighted by molar-refractivity contribution is 8.14. The molecule has 0 bridgehead atoms. The standard InChI is InChI=1S/C12H20N2O2S/c1-9-10(2-5-16-9)13-11-14-12(8-17-11)3-6-15-7-4-12/h9-10H,2-8H2,1H3,(H,13,14). The number of hydrogen-bond donors (Lipinski definition) is 1. The molecular weight excluding hydrogens is 236 g/mol. The Morgan fingerprint density at radius 3 is 2.88 bits per heavy atom. The fourth-order valence-electron chi connectivity index (χ4n) is 2.65. The second kappa shape index (κ2) is 4.78. The molecule has 0 aromatic carbocycles. The summed E-state index contributed by atoms with van der Waals surface area (Å²) in [5.74, 6) is 1.14. The van der Waals surface area contributed by atoms with Gasteiger partial charge >= 0.3 is 0 Å². The highest BCUT2D eigenvalue weighted by atomic mass is 32.2. The number of thioether (sulfide) groups is 1. The molecule has 3 rings (SSSR count). The van der Waals surface area contributed by atoms with Crippen molar-refractivity contribution < 1.29 is 9.47 Å². The fraction of sp³-hybridized carbons (Fsp3) is 0.917. The van der Waals surface area contributed by atoms with Crippen LogP contribution in [0.5, 0.6) is 0 Å². The molecule has 0 saturated carbocycles. The van der Waals surface area contributed by atoms with Crippen LogP contribution in [0.3, 0.4) is 0 Å². The Balaban J connectivity index is 1.64. The number of ether oxygens (including phenoxy) is 2. The molecule has 1 N–H and O–H groups in total. The van der Waals surface area contributed by atoms with Crippen molar-refractivity contribution in [2.45, 2.75) is 43.9 Å². The third-order valence-corrected chi connectivity index (χ3v) is 5.10. The average Bonchev–Trinajstić information content (AvgIpc) is 2.90. The molecule has 96 valence electrons. The highest BCUT2D eigenvalue weighted by Crippen LogP contribution is 2.32. The summed E-state index contributed by atoms with van der Waals surface area (Å²) in [5, 5.41) is 4.75. The molecule has 0 radical (unpaired) electrons. The van der Waals surface area contributed by atoms with E-state index in [1.54, 1.807) is 0 Å². The summed E-state index contributed by atoms with van der Waals surface area (Å²) < 4.78 is 11.0. The van der Waals surface area contributed by atoms with Gasteiger partial charge in [0.1, 0.15) is 0 Å². The van der Waals surface area contributed by atoms with Crippen LogP contribution in [0.1, 0.15) is 26.2 Å². The number of amidine groups is 1. The highest BCUT2D eigenvalue weighted by Gasteiger charge is 2.39. The van der Waals surface area contributed by atoms with Gasteiger partial charge in [-0.3, -0.25) is 4.99 Å². The Hall–Kier alpha value is -0.260. The number of hydrogen-bond acceptors (Lipinski definition) is 4. The first-order valence-electron chi connectivity index (χ1n) is 6.46. The van der Waals surface area contributed by atoms with E-state index in [-0.39, 0.29) is 11.6 Å². The van der Waals surface area contributed by atoms with Gasteiger partial charge in [0.15, 0.2) is 5.17 Å². The largest absolute Gasteiger partial charge is 0.381 e. The van der Waals surface area contributed by atoms with Gasteiger partial charge in [0.25, 0.3) is 0 Å². The second-order valence-electron chi connectivity index (χ2n) is 5.17. The van der Waals surface area contributed by atoms with Gasteiger partial charge < -0.3 is 14.8 Å². The van der Waals surface area contributed by atoms with Crippen molar-refractivity contribution in [1.82, 2.24) is 5.32 Å². The Bertz CT molecular complexity index is 316. The van der Waals surface area contributed by atoms with E-state index in [1.807, 2.05) is 11.8 Å². The molecule has 0 amide bonds. The van der Waals surface area contributed by atoms with Crippen LogP contribution in [0.2, 0.25) is 0 Å². The Kier molecular flexibility index (Phi) is 3.32. The zero-order chi connectivity index (χ0) is 11.7. The van der Waals surface area contributed by atoms with Crippen molar-refractivity contribution in [2.24, 2.45) is 4.99 Å². The molecule has 3 heterocycles. The summed E-state index contributed by atoms with van der Waals surface area (Å²) in [6, 6.07) is 0.347. The van der Waals surface area contributed by atoms with Gasteiger partial charge in [0, 0.05) is 25.6 Å². The Labute approximate surface area is 107 Å². The van der Waals surface area contributed by atoms with E-state index in [0.29, 0.717) is 6.04 Å². The van der Waals surface area contributed by atoms with E-state index in [4.69, 9.17) is 14.5 Å². The van der Waals surface area contributed by atoms with Gasteiger partial charge in [-0.2, -0.15) is 0 Å². The van der Waals surface area contributed by atoms with Gasteiger partial charge in [-0.1, -0.05) is 11.8 Å². The van der Waals surface area contributed by atoms with E-state index in [1.165, 1.54) is 0 Å². The first-order valence-corrected chi connectivity index (χ1v) is 7.44. The van der Waals surface area contributed by atoms with Crippen LogP contribution in [0, 0.1) is 0 Å². The first kappa shape index (κ1) is 11.8. The van der Waals surface area contributed by atoms with Crippen LogP contribution in [-0.2, 0) is 9.47 Å². The number of rotatable bonds is 1. The smallest absolute Gasteiger partial charge is 0.157 e. The van der Waals surface area contributed by atoms with Crippen LogP contribution in [0.15, 0.2) is 4.99 Å². The van der Waals surface area contributed by atoms with Crippen molar-refractivity contribution in [3.63, 3.8) is 0 Å². The van der Waals surface area contributed by atoms with E-state index in [2.05, 4.69) is 12.2 Å². The maximum absolute atomic E-state index is 5.55. The minimum Gasteiger partial charge on any atom is -0.381 e. The second-order valence-corrected chi connectivity index (χ2v) is 6.14. The molecule has 3 saturated heterocycles. The zero-order valence-corrected chi connectivity index (χ0v) is 11.1. The van der Waals surface area contributed by atoms with Crippen molar-refractivity contribution in [2.75, 3.05) is 25.6 Å². The molecule has 0 aliphatic carbocycles. The summed E-state index contributed by atoms with van der Waals surface area (Å²) in [5.41, 5.74) is 0.254. The predicted octanol–water partition coefficient (Wildman–Crippen LogP) is 1.41. The van der Waals surface area contributed by atoms with Crippen LogP contribution >= 0.6 is 11.8 Å². The van der Waals surface area contributed by atoms with Gasteiger partial charge in [-0.05, 0) is 26.2 Å². The van der Waals surface area contributed by atoms with Gasteiger partial charge in [0.05, 0.1) is 17.7 Å². The van der Waals surface area contributed by atoms with Crippen LogP contribution in [0.4, 0.5) is 0 Å². The summed E-state index contributed by atoms with van der Waals surface area (Å²) in [6.07, 6.45) is 3.55. The van der Waals surface area contributed by atoms with Crippen LogP contribution < -0.4 is 5.32 Å². The topological polar surface area (TPSA) is 42.8 Å². The van der Waals surface area contributed by atoms with E-state index < -0.39 is 0 Å². The molecule has 3 aliphatic rings. The van der Waals surface area contributed by atoms with Crippen molar-refractivity contribution in [1.29, 1.82) is 0 Å². The third-order valence-electron chi connectivity index (χ3n) is 3.93. The summed E-state index contributed by atoms with van der Waals surface area (Å²) in [6.45, 7) is 4.73. The number of nitrogens with one attached hydrogen (secondary N) is 1. The lowest BCUT2D eigenvalue weighted by Crippen LogP contribution is -2.48. The van der Waals surface area contributed by atoms with Crippen LogP contribution in [-0.4, -0.2) is 48.4 Å². The predicted molar refractivity (Wildman–Crippen MR) is 69.6 cm³/mol. The maximum atomic E-state index is 5.55. The summed E-state index contributed by atoms with van der Waals surface area (Å²) in [4.78, 5) is 4.81. The lowest BCUT2D eigenvalue weighted by molar-refractivity contribution is 0.0555.